The van der Waals surface area contributed by atoms with Crippen LogP contribution in [0.25, 0.3) is 0 Å². The third-order valence-corrected chi connectivity index (χ3v) is 3.00. The molecule has 1 aliphatic carbocycles. The minimum Gasteiger partial charge on any atom is -0.207 e. The molecule has 12 heavy (non-hydrogen) atoms. The average Bonchev–Trinajstić information content (AvgIpc) is 1.96. The van der Waals surface area contributed by atoms with Gasteiger partial charge in [0.1, 0.15) is 0 Å². The van der Waals surface area contributed by atoms with Crippen LogP contribution in [-0.2, 0) is 0 Å². The SMILES string of the molecule is C=CCCC1(CCl)CC(F)(F)C1. The smallest absolute Gasteiger partial charge is 0.207 e. The summed E-state index contributed by atoms with van der Waals surface area (Å²) >= 11 is 5.66. The number of hydrogen-bond acceptors (Lipinski definition) is 0. The molecule has 0 N–H and O–H groups in total. The van der Waals surface area contributed by atoms with Crippen LogP contribution in [0.5, 0.6) is 0 Å². The van der Waals surface area contributed by atoms with Crippen LogP contribution in [0.3, 0.4) is 0 Å². The fourth-order valence-electron chi connectivity index (χ4n) is 1.79. The highest BCUT2D eigenvalue weighted by Gasteiger charge is 2.55. The van der Waals surface area contributed by atoms with Crippen LogP contribution in [0.15, 0.2) is 12.7 Å². The largest absolute Gasteiger partial charge is 0.249 e. The number of alkyl halides is 3. The molecular weight excluding hydrogens is 182 g/mol. The number of allylic oxidation sites excluding steroid dienone is 1. The Bertz CT molecular complexity index is 169. The lowest BCUT2D eigenvalue weighted by Crippen LogP contribution is -2.47. The third kappa shape index (κ3) is 1.98. The first kappa shape index (κ1) is 9.97. The zero-order chi connectivity index (χ0) is 9.24. The van der Waals surface area contributed by atoms with Crippen molar-refractivity contribution < 1.29 is 8.78 Å². The van der Waals surface area contributed by atoms with E-state index in [1.165, 1.54) is 0 Å². The zero-order valence-electron chi connectivity index (χ0n) is 6.95. The molecule has 3 heteroatoms. The molecule has 0 bridgehead atoms. The van der Waals surface area contributed by atoms with Crippen molar-refractivity contribution in [1.82, 2.24) is 0 Å². The van der Waals surface area contributed by atoms with E-state index in [0.717, 1.165) is 12.8 Å². The maximum atomic E-state index is 12.6. The number of rotatable bonds is 4. The summed E-state index contributed by atoms with van der Waals surface area (Å²) in [5, 5.41) is 0. The number of hydrogen-bond donors (Lipinski definition) is 0. The normalized spacial score (nSPS) is 24.6. The molecule has 0 aromatic carbocycles. The van der Waals surface area contributed by atoms with Crippen molar-refractivity contribution in [3.8, 4) is 0 Å². The van der Waals surface area contributed by atoms with Crippen LogP contribution in [0.4, 0.5) is 8.78 Å². The summed E-state index contributed by atoms with van der Waals surface area (Å²) in [6, 6.07) is 0. The molecule has 0 spiro atoms. The van der Waals surface area contributed by atoms with E-state index in [4.69, 9.17) is 11.6 Å². The number of halogens is 3. The van der Waals surface area contributed by atoms with E-state index < -0.39 is 5.92 Å². The molecule has 0 radical (unpaired) electrons. The lowest BCUT2D eigenvalue weighted by atomic mass is 9.65. The van der Waals surface area contributed by atoms with Gasteiger partial charge in [-0.15, -0.1) is 18.2 Å². The van der Waals surface area contributed by atoms with Gasteiger partial charge in [-0.05, 0) is 18.3 Å². The predicted molar refractivity (Wildman–Crippen MR) is 46.8 cm³/mol. The molecule has 1 fully saturated rings. The van der Waals surface area contributed by atoms with Crippen molar-refractivity contribution in [2.45, 2.75) is 31.6 Å². The molecule has 1 saturated carbocycles. The van der Waals surface area contributed by atoms with Crippen molar-refractivity contribution in [2.24, 2.45) is 5.41 Å². The van der Waals surface area contributed by atoms with Crippen LogP contribution < -0.4 is 0 Å². The van der Waals surface area contributed by atoms with E-state index in [1.807, 2.05) is 0 Å². The third-order valence-electron chi connectivity index (χ3n) is 2.43. The second kappa shape index (κ2) is 3.33. The van der Waals surface area contributed by atoms with Crippen LogP contribution in [-0.4, -0.2) is 11.8 Å². The molecule has 1 rings (SSSR count). The van der Waals surface area contributed by atoms with Crippen molar-refractivity contribution >= 4 is 11.6 Å². The van der Waals surface area contributed by atoms with Gasteiger partial charge in [0.15, 0.2) is 0 Å². The quantitative estimate of drug-likeness (QED) is 0.474. The van der Waals surface area contributed by atoms with E-state index in [9.17, 15) is 8.78 Å². The van der Waals surface area contributed by atoms with E-state index in [0.29, 0.717) is 5.88 Å². The minimum absolute atomic E-state index is 0.0443. The Kier molecular flexibility index (Phi) is 2.77. The van der Waals surface area contributed by atoms with E-state index in [1.54, 1.807) is 6.08 Å². The highest BCUT2D eigenvalue weighted by molar-refractivity contribution is 6.18. The predicted octanol–water partition coefficient (Wildman–Crippen LogP) is 3.61. The first-order chi connectivity index (χ1) is 5.54. The van der Waals surface area contributed by atoms with E-state index >= 15 is 0 Å². The first-order valence-electron chi connectivity index (χ1n) is 4.08. The molecule has 0 aromatic heterocycles. The fourth-order valence-corrected chi connectivity index (χ4v) is 2.11. The Labute approximate surface area is 76.6 Å². The molecule has 0 heterocycles. The lowest BCUT2D eigenvalue weighted by molar-refractivity contribution is -0.154. The Balaban J connectivity index is 2.41. The van der Waals surface area contributed by atoms with Gasteiger partial charge in [0, 0.05) is 18.7 Å². The summed E-state index contributed by atoms with van der Waals surface area (Å²) in [7, 11) is 0. The molecule has 70 valence electrons. The van der Waals surface area contributed by atoms with Crippen LogP contribution in [0.2, 0.25) is 0 Å². The summed E-state index contributed by atoms with van der Waals surface area (Å²) in [6.07, 6.45) is 3.19. The molecular formula is C9H13ClF2. The second-order valence-corrected chi connectivity index (χ2v) is 3.94. The van der Waals surface area contributed by atoms with Gasteiger partial charge >= 0.3 is 0 Å². The van der Waals surface area contributed by atoms with Crippen molar-refractivity contribution in [2.75, 3.05) is 5.88 Å². The zero-order valence-corrected chi connectivity index (χ0v) is 7.71. The molecule has 1 aliphatic rings. The molecule has 0 aromatic rings. The van der Waals surface area contributed by atoms with Crippen molar-refractivity contribution in [3.63, 3.8) is 0 Å². The second-order valence-electron chi connectivity index (χ2n) is 3.67. The minimum atomic E-state index is -2.46. The van der Waals surface area contributed by atoms with Crippen molar-refractivity contribution in [1.29, 1.82) is 0 Å². The summed E-state index contributed by atoms with van der Waals surface area (Å²) in [4.78, 5) is 0. The van der Waals surface area contributed by atoms with Crippen LogP contribution in [0.1, 0.15) is 25.7 Å². The Hall–Kier alpha value is -0.110. The van der Waals surface area contributed by atoms with E-state index in [2.05, 4.69) is 6.58 Å². The van der Waals surface area contributed by atoms with E-state index in [-0.39, 0.29) is 18.3 Å². The molecule has 0 aliphatic heterocycles. The highest BCUT2D eigenvalue weighted by Crippen LogP contribution is 2.55. The summed E-state index contributed by atoms with van der Waals surface area (Å²) in [5.41, 5.74) is -0.306. The molecule has 0 nitrogen and oxygen atoms in total. The van der Waals surface area contributed by atoms with Crippen molar-refractivity contribution in [3.05, 3.63) is 12.7 Å². The van der Waals surface area contributed by atoms with Gasteiger partial charge < -0.3 is 0 Å². The summed E-state index contributed by atoms with van der Waals surface area (Å²) in [6.45, 7) is 3.56. The first-order valence-corrected chi connectivity index (χ1v) is 4.62. The van der Waals surface area contributed by atoms with Gasteiger partial charge in [0.25, 0.3) is 0 Å². The fraction of sp³-hybridized carbons (Fsp3) is 0.778. The Morgan fingerprint density at radius 1 is 1.42 bits per heavy atom. The van der Waals surface area contributed by atoms with Gasteiger partial charge in [-0.2, -0.15) is 0 Å². The molecule has 0 atom stereocenters. The monoisotopic (exact) mass is 194 g/mol. The van der Waals surface area contributed by atoms with Crippen LogP contribution >= 0.6 is 11.6 Å². The molecule has 0 saturated heterocycles. The van der Waals surface area contributed by atoms with Gasteiger partial charge in [0.05, 0.1) is 0 Å². The average molecular weight is 195 g/mol. The Morgan fingerprint density at radius 2 is 2.00 bits per heavy atom. The summed E-state index contributed by atoms with van der Waals surface area (Å²) in [5.74, 6) is -2.12. The topological polar surface area (TPSA) is 0 Å². The Morgan fingerprint density at radius 3 is 2.33 bits per heavy atom. The van der Waals surface area contributed by atoms with Gasteiger partial charge in [-0.3, -0.25) is 0 Å². The van der Waals surface area contributed by atoms with Gasteiger partial charge in [0.2, 0.25) is 5.92 Å². The van der Waals surface area contributed by atoms with Gasteiger partial charge in [-0.25, -0.2) is 8.78 Å². The molecule has 0 amide bonds. The summed E-state index contributed by atoms with van der Waals surface area (Å²) < 4.78 is 25.1. The lowest BCUT2D eigenvalue weighted by Gasteiger charge is -2.46. The maximum Gasteiger partial charge on any atom is 0.249 e. The van der Waals surface area contributed by atoms with Crippen LogP contribution in [0, 0.1) is 5.41 Å². The molecule has 0 unspecified atom stereocenters. The highest BCUT2D eigenvalue weighted by atomic mass is 35.5. The standard InChI is InChI=1S/C9H13ClF2/c1-2-3-4-8(7-10)5-9(11,12)6-8/h2H,1,3-7H2. The maximum absolute atomic E-state index is 12.6. The van der Waals surface area contributed by atoms with Gasteiger partial charge in [-0.1, -0.05) is 6.08 Å².